The van der Waals surface area contributed by atoms with Crippen molar-refractivity contribution >= 4 is 0 Å². The molecule has 3 atom stereocenters. The third-order valence-corrected chi connectivity index (χ3v) is 4.66. The highest BCUT2D eigenvalue weighted by atomic mass is 15.2. The molecule has 0 aromatic carbocycles. The van der Waals surface area contributed by atoms with Gasteiger partial charge >= 0.3 is 0 Å². The maximum absolute atomic E-state index is 6.10. The van der Waals surface area contributed by atoms with E-state index >= 15 is 0 Å². The van der Waals surface area contributed by atoms with Crippen LogP contribution in [0.25, 0.3) is 0 Å². The van der Waals surface area contributed by atoms with Crippen molar-refractivity contribution in [2.45, 2.75) is 70.4 Å². The van der Waals surface area contributed by atoms with Gasteiger partial charge in [0.15, 0.2) is 0 Å². The minimum absolute atomic E-state index is 0.476. The SMILES string of the molecule is CCC1CCCN(C2CCCC(N)C2)CC1. The molecule has 1 aliphatic heterocycles. The van der Waals surface area contributed by atoms with Crippen molar-refractivity contribution in [3.63, 3.8) is 0 Å². The van der Waals surface area contributed by atoms with Gasteiger partial charge in [-0.1, -0.05) is 19.8 Å². The predicted molar refractivity (Wildman–Crippen MR) is 69.4 cm³/mol. The molecule has 1 saturated heterocycles. The van der Waals surface area contributed by atoms with Crippen LogP contribution in [0.2, 0.25) is 0 Å². The average molecular weight is 224 g/mol. The summed E-state index contributed by atoms with van der Waals surface area (Å²) in [6.07, 6.45) is 10.9. The molecule has 16 heavy (non-hydrogen) atoms. The van der Waals surface area contributed by atoms with Crippen LogP contribution in [-0.2, 0) is 0 Å². The van der Waals surface area contributed by atoms with Crippen LogP contribution in [0, 0.1) is 5.92 Å². The van der Waals surface area contributed by atoms with E-state index in [2.05, 4.69) is 11.8 Å². The second-order valence-corrected chi connectivity index (χ2v) is 5.82. The fraction of sp³-hybridized carbons (Fsp3) is 1.00. The number of nitrogens with zero attached hydrogens (tertiary/aromatic N) is 1. The van der Waals surface area contributed by atoms with Gasteiger partial charge in [-0.2, -0.15) is 0 Å². The van der Waals surface area contributed by atoms with Crippen LogP contribution in [0.3, 0.4) is 0 Å². The molecule has 2 aliphatic rings. The summed E-state index contributed by atoms with van der Waals surface area (Å²) in [4.78, 5) is 2.74. The molecule has 2 rings (SSSR count). The van der Waals surface area contributed by atoms with Crippen LogP contribution >= 0.6 is 0 Å². The Morgan fingerprint density at radius 1 is 1.06 bits per heavy atom. The quantitative estimate of drug-likeness (QED) is 0.781. The van der Waals surface area contributed by atoms with E-state index in [1.165, 1.54) is 64.5 Å². The van der Waals surface area contributed by atoms with Gasteiger partial charge in [-0.05, 0) is 57.5 Å². The molecule has 0 radical (unpaired) electrons. The molecule has 0 aromatic heterocycles. The zero-order chi connectivity index (χ0) is 11.4. The Bertz CT molecular complexity index is 205. The van der Waals surface area contributed by atoms with Gasteiger partial charge in [0, 0.05) is 12.1 Å². The summed E-state index contributed by atoms with van der Waals surface area (Å²) in [5, 5.41) is 0. The van der Waals surface area contributed by atoms with E-state index < -0.39 is 0 Å². The third kappa shape index (κ3) is 3.21. The van der Waals surface area contributed by atoms with Crippen LogP contribution in [0.1, 0.15) is 58.3 Å². The molecule has 1 aliphatic carbocycles. The van der Waals surface area contributed by atoms with Crippen molar-refractivity contribution in [1.29, 1.82) is 0 Å². The molecular weight excluding hydrogens is 196 g/mol. The lowest BCUT2D eigenvalue weighted by Gasteiger charge is -2.36. The summed E-state index contributed by atoms with van der Waals surface area (Å²) in [6.45, 7) is 5.00. The van der Waals surface area contributed by atoms with Crippen molar-refractivity contribution in [2.24, 2.45) is 11.7 Å². The Hall–Kier alpha value is -0.0800. The first-order chi connectivity index (χ1) is 7.79. The molecule has 2 nitrogen and oxygen atoms in total. The van der Waals surface area contributed by atoms with Crippen LogP contribution in [0.4, 0.5) is 0 Å². The number of rotatable bonds is 2. The monoisotopic (exact) mass is 224 g/mol. The average Bonchev–Trinajstić information content (AvgIpc) is 2.54. The predicted octanol–water partition coefficient (Wildman–Crippen LogP) is 2.77. The van der Waals surface area contributed by atoms with Crippen molar-refractivity contribution < 1.29 is 0 Å². The van der Waals surface area contributed by atoms with Gasteiger partial charge in [0.1, 0.15) is 0 Å². The Balaban J connectivity index is 1.84. The van der Waals surface area contributed by atoms with E-state index in [4.69, 9.17) is 5.73 Å². The highest BCUT2D eigenvalue weighted by Crippen LogP contribution is 2.27. The van der Waals surface area contributed by atoms with E-state index in [0.717, 1.165) is 12.0 Å². The van der Waals surface area contributed by atoms with Crippen LogP contribution in [0.15, 0.2) is 0 Å². The van der Waals surface area contributed by atoms with E-state index in [1.807, 2.05) is 0 Å². The minimum Gasteiger partial charge on any atom is -0.328 e. The summed E-state index contributed by atoms with van der Waals surface area (Å²) in [6, 6.07) is 1.28. The third-order valence-electron chi connectivity index (χ3n) is 4.66. The fourth-order valence-corrected chi connectivity index (χ4v) is 3.49. The second-order valence-electron chi connectivity index (χ2n) is 5.82. The highest BCUT2D eigenvalue weighted by molar-refractivity contribution is 4.83. The van der Waals surface area contributed by atoms with Crippen LogP contribution in [0.5, 0.6) is 0 Å². The molecular formula is C14H28N2. The molecule has 2 heteroatoms. The molecule has 1 heterocycles. The van der Waals surface area contributed by atoms with E-state index in [1.54, 1.807) is 0 Å². The van der Waals surface area contributed by atoms with Gasteiger partial charge in [-0.25, -0.2) is 0 Å². The van der Waals surface area contributed by atoms with Gasteiger partial charge < -0.3 is 10.6 Å². The smallest absolute Gasteiger partial charge is 0.0110 e. The summed E-state index contributed by atoms with van der Waals surface area (Å²) in [5.41, 5.74) is 6.10. The van der Waals surface area contributed by atoms with Crippen molar-refractivity contribution in [1.82, 2.24) is 4.90 Å². The highest BCUT2D eigenvalue weighted by Gasteiger charge is 2.26. The molecule has 1 saturated carbocycles. The normalized spacial score (nSPS) is 38.2. The zero-order valence-corrected chi connectivity index (χ0v) is 10.8. The summed E-state index contributed by atoms with van der Waals surface area (Å²) in [7, 11) is 0. The van der Waals surface area contributed by atoms with E-state index in [-0.39, 0.29) is 0 Å². The lowest BCUT2D eigenvalue weighted by atomic mass is 9.90. The first-order valence-electron chi connectivity index (χ1n) is 7.29. The van der Waals surface area contributed by atoms with Gasteiger partial charge in [0.05, 0.1) is 0 Å². The maximum atomic E-state index is 6.10. The fourth-order valence-electron chi connectivity index (χ4n) is 3.49. The van der Waals surface area contributed by atoms with Gasteiger partial charge in [-0.15, -0.1) is 0 Å². The molecule has 0 amide bonds. The van der Waals surface area contributed by atoms with Crippen LogP contribution in [-0.4, -0.2) is 30.1 Å². The molecule has 0 spiro atoms. The Kier molecular flexibility index (Phi) is 4.66. The van der Waals surface area contributed by atoms with Crippen molar-refractivity contribution in [3.05, 3.63) is 0 Å². The lowest BCUT2D eigenvalue weighted by Crippen LogP contribution is -2.43. The molecule has 2 N–H and O–H groups in total. The molecule has 0 aromatic rings. The van der Waals surface area contributed by atoms with E-state index in [0.29, 0.717) is 6.04 Å². The van der Waals surface area contributed by atoms with Crippen LogP contribution < -0.4 is 5.73 Å². The standard InChI is InChI=1S/C14H28N2/c1-2-12-5-4-9-16(10-8-12)14-7-3-6-13(15)11-14/h12-14H,2-11,15H2,1H3. The van der Waals surface area contributed by atoms with Crippen molar-refractivity contribution in [3.8, 4) is 0 Å². The van der Waals surface area contributed by atoms with E-state index in [9.17, 15) is 0 Å². The zero-order valence-electron chi connectivity index (χ0n) is 10.8. The summed E-state index contributed by atoms with van der Waals surface area (Å²) in [5.74, 6) is 0.988. The topological polar surface area (TPSA) is 29.3 Å². The van der Waals surface area contributed by atoms with Gasteiger partial charge in [-0.3, -0.25) is 0 Å². The second kappa shape index (κ2) is 6.02. The number of hydrogen-bond donors (Lipinski definition) is 1. The Morgan fingerprint density at radius 3 is 2.69 bits per heavy atom. The molecule has 3 unspecified atom stereocenters. The summed E-state index contributed by atoms with van der Waals surface area (Å²) < 4.78 is 0. The number of hydrogen-bond acceptors (Lipinski definition) is 2. The first kappa shape index (κ1) is 12.4. The Morgan fingerprint density at radius 2 is 1.94 bits per heavy atom. The number of likely N-dealkylation sites (tertiary alicyclic amines) is 1. The van der Waals surface area contributed by atoms with Gasteiger partial charge in [0.25, 0.3) is 0 Å². The molecule has 94 valence electrons. The molecule has 0 bridgehead atoms. The minimum atomic E-state index is 0.476. The maximum Gasteiger partial charge on any atom is 0.0110 e. The molecule has 2 fully saturated rings. The number of nitrogens with two attached hydrogens (primary N) is 1. The largest absolute Gasteiger partial charge is 0.328 e. The van der Waals surface area contributed by atoms with Gasteiger partial charge in [0.2, 0.25) is 0 Å². The van der Waals surface area contributed by atoms with Crippen molar-refractivity contribution in [2.75, 3.05) is 13.1 Å². The first-order valence-corrected chi connectivity index (χ1v) is 7.29. The Labute approximate surface area is 101 Å². The summed E-state index contributed by atoms with van der Waals surface area (Å²) >= 11 is 0. The lowest BCUT2D eigenvalue weighted by molar-refractivity contribution is 0.151.